The summed E-state index contributed by atoms with van der Waals surface area (Å²) in [5.41, 5.74) is 4.55. The number of thioether (sulfide) groups is 1. The molecule has 0 aliphatic heterocycles. The number of alkyl carbamates (subject to hydrolysis) is 1. The fraction of sp³-hybridized carbons (Fsp3) is 0.300. The zero-order valence-electron chi connectivity index (χ0n) is 14.5. The average molecular weight is 372 g/mol. The van der Waals surface area contributed by atoms with E-state index in [0.717, 1.165) is 22.3 Å². The second-order valence-electron chi connectivity index (χ2n) is 6.14. The highest BCUT2D eigenvalue weighted by Gasteiger charge is 2.29. The number of aliphatic carboxylic acids is 1. The molecule has 2 aromatic carbocycles. The predicted molar refractivity (Wildman–Crippen MR) is 103 cm³/mol. The first-order chi connectivity index (χ1) is 12.6. The summed E-state index contributed by atoms with van der Waals surface area (Å²) in [6.07, 6.45) is 1.56. The summed E-state index contributed by atoms with van der Waals surface area (Å²) >= 11 is 1.54. The molecule has 0 heterocycles. The number of rotatable bonds is 7. The summed E-state index contributed by atoms with van der Waals surface area (Å²) < 4.78 is 5.38. The molecular formula is C20H21NO4S. The minimum Gasteiger partial charge on any atom is -0.480 e. The SMILES string of the molecule is [13CH3]SCC[C@H](NC(=O)OCC1c2ccccc2-c2ccccc21)C(=O)O. The molecule has 3 rings (SSSR count). The lowest BCUT2D eigenvalue weighted by Gasteiger charge is -2.17. The Hall–Kier alpha value is -2.47. The van der Waals surface area contributed by atoms with Gasteiger partial charge in [0, 0.05) is 5.92 Å². The Morgan fingerprint density at radius 3 is 2.23 bits per heavy atom. The van der Waals surface area contributed by atoms with Crippen LogP contribution in [0.5, 0.6) is 0 Å². The van der Waals surface area contributed by atoms with E-state index in [0.29, 0.717) is 12.2 Å². The van der Waals surface area contributed by atoms with Gasteiger partial charge >= 0.3 is 12.1 Å². The number of carboxylic acid groups (broad SMARTS) is 1. The first kappa shape index (κ1) is 18.3. The van der Waals surface area contributed by atoms with Crippen molar-refractivity contribution in [3.05, 3.63) is 59.7 Å². The molecule has 0 aromatic heterocycles. The molecule has 0 saturated heterocycles. The van der Waals surface area contributed by atoms with Crippen LogP contribution in [-0.4, -0.2) is 41.8 Å². The van der Waals surface area contributed by atoms with E-state index in [2.05, 4.69) is 17.4 Å². The molecule has 1 amide bonds. The van der Waals surface area contributed by atoms with E-state index < -0.39 is 18.1 Å². The van der Waals surface area contributed by atoms with Gasteiger partial charge in [0.2, 0.25) is 0 Å². The maximum Gasteiger partial charge on any atom is 0.407 e. The van der Waals surface area contributed by atoms with Crippen LogP contribution in [0, 0.1) is 0 Å². The topological polar surface area (TPSA) is 75.6 Å². The van der Waals surface area contributed by atoms with Crippen molar-refractivity contribution >= 4 is 23.8 Å². The standard InChI is InChI=1S/C20H21NO4S/c1-26-11-10-18(19(22)23)21-20(24)25-12-17-15-8-4-2-6-13(15)14-7-3-5-9-16(14)17/h2-9,17-18H,10-12H2,1H3,(H,21,24)(H,22,23)/t18-/m0/s1/i1+1. The fourth-order valence-electron chi connectivity index (χ4n) is 3.28. The summed E-state index contributed by atoms with van der Waals surface area (Å²) in [7, 11) is 0. The Morgan fingerprint density at radius 2 is 1.69 bits per heavy atom. The molecule has 0 unspecified atom stereocenters. The van der Waals surface area contributed by atoms with E-state index in [4.69, 9.17) is 4.74 Å². The third-order valence-electron chi connectivity index (χ3n) is 4.54. The monoisotopic (exact) mass is 372 g/mol. The minimum absolute atomic E-state index is 0.0392. The van der Waals surface area contributed by atoms with E-state index in [1.165, 1.54) is 11.8 Å². The van der Waals surface area contributed by atoms with Crippen LogP contribution in [0.1, 0.15) is 23.5 Å². The lowest BCUT2D eigenvalue weighted by atomic mass is 9.98. The Balaban J connectivity index is 1.68. The zero-order valence-corrected chi connectivity index (χ0v) is 15.3. The molecule has 0 radical (unpaired) electrons. The highest BCUT2D eigenvalue weighted by Crippen LogP contribution is 2.44. The Labute approximate surface area is 156 Å². The minimum atomic E-state index is -1.05. The number of benzene rings is 2. The summed E-state index contributed by atoms with van der Waals surface area (Å²) in [5, 5.41) is 11.7. The lowest BCUT2D eigenvalue weighted by molar-refractivity contribution is -0.139. The number of carboxylic acids is 1. The number of fused-ring (bicyclic) bond motifs is 3. The van der Waals surface area contributed by atoms with Gasteiger partial charge in [-0.2, -0.15) is 11.8 Å². The number of carbonyl (C=O) groups excluding carboxylic acids is 1. The second-order valence-corrected chi connectivity index (χ2v) is 7.13. The largest absolute Gasteiger partial charge is 0.480 e. The van der Waals surface area contributed by atoms with Crippen molar-refractivity contribution in [3.8, 4) is 11.1 Å². The zero-order chi connectivity index (χ0) is 18.5. The summed E-state index contributed by atoms with van der Waals surface area (Å²) in [5.74, 6) is -0.434. The first-order valence-corrected chi connectivity index (χ1v) is 9.84. The van der Waals surface area contributed by atoms with Gasteiger partial charge in [-0.1, -0.05) is 48.5 Å². The molecule has 0 saturated carbocycles. The van der Waals surface area contributed by atoms with Crippen LogP contribution in [0.15, 0.2) is 48.5 Å². The maximum absolute atomic E-state index is 12.1. The lowest BCUT2D eigenvalue weighted by Crippen LogP contribution is -2.41. The molecule has 6 heteroatoms. The van der Waals surface area contributed by atoms with E-state index in [1.54, 1.807) is 0 Å². The van der Waals surface area contributed by atoms with Gasteiger partial charge in [0.25, 0.3) is 0 Å². The molecule has 0 bridgehead atoms. The normalized spacial score (nSPS) is 13.6. The molecular weight excluding hydrogens is 351 g/mol. The van der Waals surface area contributed by atoms with Gasteiger partial charge in [-0.15, -0.1) is 0 Å². The van der Waals surface area contributed by atoms with Crippen molar-refractivity contribution < 1.29 is 19.4 Å². The maximum atomic E-state index is 12.1. The van der Waals surface area contributed by atoms with Crippen molar-refractivity contribution in [2.24, 2.45) is 0 Å². The Kier molecular flexibility index (Phi) is 5.83. The summed E-state index contributed by atoms with van der Waals surface area (Å²) in [6, 6.07) is 15.2. The van der Waals surface area contributed by atoms with Crippen molar-refractivity contribution in [1.82, 2.24) is 5.32 Å². The number of hydrogen-bond donors (Lipinski definition) is 2. The van der Waals surface area contributed by atoms with Gasteiger partial charge in [0.15, 0.2) is 0 Å². The van der Waals surface area contributed by atoms with Gasteiger partial charge in [-0.25, -0.2) is 9.59 Å². The number of ether oxygens (including phenoxy) is 1. The molecule has 0 fully saturated rings. The molecule has 1 aliphatic carbocycles. The third kappa shape index (κ3) is 3.85. The smallest absolute Gasteiger partial charge is 0.407 e. The van der Waals surface area contributed by atoms with Crippen LogP contribution in [0.25, 0.3) is 11.1 Å². The van der Waals surface area contributed by atoms with Gasteiger partial charge in [0.1, 0.15) is 12.6 Å². The molecule has 2 N–H and O–H groups in total. The summed E-state index contributed by atoms with van der Waals surface area (Å²) in [4.78, 5) is 23.3. The molecule has 1 atom stereocenters. The number of hydrogen-bond acceptors (Lipinski definition) is 4. The summed E-state index contributed by atoms with van der Waals surface area (Å²) in [6.45, 7) is 0.175. The van der Waals surface area contributed by atoms with Crippen molar-refractivity contribution in [2.75, 3.05) is 18.6 Å². The molecule has 1 aliphatic rings. The van der Waals surface area contributed by atoms with Gasteiger partial charge in [-0.3, -0.25) is 0 Å². The van der Waals surface area contributed by atoms with Crippen LogP contribution in [0.4, 0.5) is 4.79 Å². The van der Waals surface area contributed by atoms with Crippen LogP contribution in [0.2, 0.25) is 0 Å². The number of carbonyl (C=O) groups is 2. The molecule has 2 aromatic rings. The van der Waals surface area contributed by atoms with Crippen molar-refractivity contribution in [3.63, 3.8) is 0 Å². The van der Waals surface area contributed by atoms with E-state index >= 15 is 0 Å². The van der Waals surface area contributed by atoms with Gasteiger partial charge in [0.05, 0.1) is 0 Å². The number of nitrogens with one attached hydrogen (secondary N) is 1. The highest BCUT2D eigenvalue weighted by atomic mass is 32.2. The predicted octanol–water partition coefficient (Wildman–Crippen LogP) is 3.73. The number of amides is 1. The van der Waals surface area contributed by atoms with Crippen LogP contribution in [0.3, 0.4) is 0 Å². The van der Waals surface area contributed by atoms with E-state index in [9.17, 15) is 14.7 Å². The van der Waals surface area contributed by atoms with Crippen LogP contribution in [-0.2, 0) is 9.53 Å². The van der Waals surface area contributed by atoms with Gasteiger partial charge < -0.3 is 15.2 Å². The molecule has 0 spiro atoms. The molecule has 26 heavy (non-hydrogen) atoms. The quantitative estimate of drug-likeness (QED) is 0.724. The second kappa shape index (κ2) is 8.27. The Morgan fingerprint density at radius 1 is 1.12 bits per heavy atom. The van der Waals surface area contributed by atoms with Gasteiger partial charge in [-0.05, 0) is 40.7 Å². The van der Waals surface area contributed by atoms with Crippen LogP contribution < -0.4 is 5.32 Å². The highest BCUT2D eigenvalue weighted by molar-refractivity contribution is 7.98. The van der Waals surface area contributed by atoms with Crippen molar-refractivity contribution in [2.45, 2.75) is 18.4 Å². The third-order valence-corrected chi connectivity index (χ3v) is 5.19. The van der Waals surface area contributed by atoms with E-state index in [-0.39, 0.29) is 12.5 Å². The van der Waals surface area contributed by atoms with E-state index in [1.807, 2.05) is 42.7 Å². The van der Waals surface area contributed by atoms with Crippen LogP contribution >= 0.6 is 11.8 Å². The average Bonchev–Trinajstić information content (AvgIpc) is 2.97. The molecule has 136 valence electrons. The van der Waals surface area contributed by atoms with Crippen molar-refractivity contribution in [1.29, 1.82) is 0 Å². The molecule has 5 nitrogen and oxygen atoms in total. The Bertz CT molecular complexity index is 762. The first-order valence-electron chi connectivity index (χ1n) is 8.45. The fourth-order valence-corrected chi connectivity index (χ4v) is 3.75.